The summed E-state index contributed by atoms with van der Waals surface area (Å²) in [6, 6.07) is 6.53. The van der Waals surface area contributed by atoms with E-state index in [-0.39, 0.29) is 11.6 Å². The molecule has 2 atom stereocenters. The Kier molecular flexibility index (Phi) is 4.48. The number of nitrogens with one attached hydrogen (secondary N) is 1. The van der Waals surface area contributed by atoms with Crippen LogP contribution < -0.4 is 10.1 Å². The molecule has 0 bridgehead atoms. The van der Waals surface area contributed by atoms with Crippen LogP contribution in [0.3, 0.4) is 0 Å². The zero-order valence-corrected chi connectivity index (χ0v) is 12.5. The Morgan fingerprint density at radius 1 is 1.47 bits per heavy atom. The van der Waals surface area contributed by atoms with Crippen LogP contribution in [0.5, 0.6) is 5.75 Å². The van der Waals surface area contributed by atoms with Gasteiger partial charge in [-0.15, -0.1) is 0 Å². The molecule has 0 amide bonds. The number of ether oxygens (including phenoxy) is 2. The molecule has 1 aliphatic rings. The molecule has 1 saturated heterocycles. The third-order valence-corrected chi connectivity index (χ3v) is 4.06. The Bertz CT molecular complexity index is 425. The second-order valence-electron chi connectivity index (χ2n) is 5.48. The van der Waals surface area contributed by atoms with Crippen molar-refractivity contribution in [3.8, 4) is 5.75 Å². The molecule has 0 radical (unpaired) electrons. The molecule has 0 aromatic heterocycles. The monoisotopic (exact) mass is 263 g/mol. The van der Waals surface area contributed by atoms with E-state index in [1.165, 1.54) is 11.1 Å². The van der Waals surface area contributed by atoms with Crippen molar-refractivity contribution in [3.63, 3.8) is 0 Å². The Hall–Kier alpha value is -1.06. The largest absolute Gasteiger partial charge is 0.497 e. The molecule has 2 rings (SSSR count). The molecule has 0 aliphatic carbocycles. The van der Waals surface area contributed by atoms with Crippen LogP contribution in [0.4, 0.5) is 0 Å². The summed E-state index contributed by atoms with van der Waals surface area (Å²) in [6.07, 6.45) is 2.25. The lowest BCUT2D eigenvalue weighted by Crippen LogP contribution is -2.41. The first-order valence-electron chi connectivity index (χ1n) is 7.12. The topological polar surface area (TPSA) is 30.5 Å². The van der Waals surface area contributed by atoms with Gasteiger partial charge in [0.05, 0.1) is 18.8 Å². The summed E-state index contributed by atoms with van der Waals surface area (Å²) in [5.41, 5.74) is 2.46. The predicted molar refractivity (Wildman–Crippen MR) is 77.7 cm³/mol. The highest BCUT2D eigenvalue weighted by molar-refractivity contribution is 5.38. The minimum Gasteiger partial charge on any atom is -0.497 e. The summed E-state index contributed by atoms with van der Waals surface area (Å²) in [7, 11) is 1.71. The molecule has 1 aromatic carbocycles. The van der Waals surface area contributed by atoms with Crippen molar-refractivity contribution in [2.24, 2.45) is 0 Å². The summed E-state index contributed by atoms with van der Waals surface area (Å²) in [5.74, 6) is 0.911. The van der Waals surface area contributed by atoms with Crippen molar-refractivity contribution in [2.45, 2.75) is 45.3 Å². The van der Waals surface area contributed by atoms with E-state index in [0.29, 0.717) is 0 Å². The maximum atomic E-state index is 6.03. The van der Waals surface area contributed by atoms with Gasteiger partial charge in [-0.2, -0.15) is 0 Å². The minimum atomic E-state index is -0.102. The van der Waals surface area contributed by atoms with Crippen molar-refractivity contribution in [3.05, 3.63) is 29.3 Å². The number of likely N-dealkylation sites (N-methyl/N-ethyl adjacent to an activating group) is 1. The lowest BCUT2D eigenvalue weighted by molar-refractivity contribution is -0.0122. The molecule has 106 valence electrons. The Balaban J connectivity index is 2.33. The number of aryl methyl sites for hydroxylation is 1. The molecular weight excluding hydrogens is 238 g/mol. The highest BCUT2D eigenvalue weighted by atomic mass is 16.5. The van der Waals surface area contributed by atoms with E-state index in [2.05, 4.69) is 38.2 Å². The second kappa shape index (κ2) is 5.93. The highest BCUT2D eigenvalue weighted by Crippen LogP contribution is 2.39. The van der Waals surface area contributed by atoms with Crippen LogP contribution in [0.1, 0.15) is 43.9 Å². The van der Waals surface area contributed by atoms with E-state index in [1.54, 1.807) is 7.11 Å². The molecule has 3 nitrogen and oxygen atoms in total. The molecule has 1 heterocycles. The molecule has 1 N–H and O–H groups in total. The number of hydrogen-bond donors (Lipinski definition) is 1. The fourth-order valence-corrected chi connectivity index (χ4v) is 2.99. The van der Waals surface area contributed by atoms with E-state index in [0.717, 1.165) is 31.7 Å². The first-order chi connectivity index (χ1) is 9.10. The van der Waals surface area contributed by atoms with Gasteiger partial charge in [0, 0.05) is 6.61 Å². The summed E-state index contributed by atoms with van der Waals surface area (Å²) >= 11 is 0. The van der Waals surface area contributed by atoms with Crippen LogP contribution in [-0.2, 0) is 4.74 Å². The molecular formula is C16H25NO2. The number of methoxy groups -OCH3 is 1. The molecule has 19 heavy (non-hydrogen) atoms. The van der Waals surface area contributed by atoms with E-state index < -0.39 is 0 Å². The fraction of sp³-hybridized carbons (Fsp3) is 0.625. The van der Waals surface area contributed by atoms with E-state index >= 15 is 0 Å². The van der Waals surface area contributed by atoms with Crippen LogP contribution in [0, 0.1) is 6.92 Å². The molecule has 2 unspecified atom stereocenters. The van der Waals surface area contributed by atoms with Gasteiger partial charge in [-0.1, -0.05) is 13.0 Å². The Morgan fingerprint density at radius 3 is 2.79 bits per heavy atom. The summed E-state index contributed by atoms with van der Waals surface area (Å²) < 4.78 is 11.3. The molecule has 1 aliphatic heterocycles. The average Bonchev–Trinajstić information content (AvgIpc) is 2.84. The number of hydrogen-bond acceptors (Lipinski definition) is 3. The van der Waals surface area contributed by atoms with Gasteiger partial charge in [0.25, 0.3) is 0 Å². The lowest BCUT2D eigenvalue weighted by Gasteiger charge is -2.35. The number of benzene rings is 1. The van der Waals surface area contributed by atoms with Crippen LogP contribution >= 0.6 is 0 Å². The average molecular weight is 263 g/mol. The van der Waals surface area contributed by atoms with Gasteiger partial charge >= 0.3 is 0 Å². The quantitative estimate of drug-likeness (QED) is 0.884. The highest BCUT2D eigenvalue weighted by Gasteiger charge is 2.39. The second-order valence-corrected chi connectivity index (χ2v) is 5.48. The first-order valence-corrected chi connectivity index (χ1v) is 7.12. The van der Waals surface area contributed by atoms with Crippen molar-refractivity contribution >= 4 is 0 Å². The first kappa shape index (κ1) is 14.4. The van der Waals surface area contributed by atoms with Gasteiger partial charge in [0.1, 0.15) is 5.75 Å². The third kappa shape index (κ3) is 2.93. The normalized spacial score (nSPS) is 24.4. The molecule has 3 heteroatoms. The van der Waals surface area contributed by atoms with Gasteiger partial charge in [0.2, 0.25) is 0 Å². The number of rotatable bonds is 5. The molecule has 1 fully saturated rings. The Labute approximate surface area is 116 Å². The van der Waals surface area contributed by atoms with Gasteiger partial charge in [-0.3, -0.25) is 0 Å². The summed E-state index contributed by atoms with van der Waals surface area (Å²) in [5, 5.41) is 3.59. The van der Waals surface area contributed by atoms with Crippen molar-refractivity contribution < 1.29 is 9.47 Å². The fourth-order valence-electron chi connectivity index (χ4n) is 2.99. The summed E-state index contributed by atoms with van der Waals surface area (Å²) in [4.78, 5) is 0. The standard InChI is InChI=1S/C16H25NO2/c1-5-17-15(16(3)9-6-10-19-16)14-8-7-13(18-4)11-12(14)2/h7-8,11,15,17H,5-6,9-10H2,1-4H3. The Morgan fingerprint density at radius 2 is 2.26 bits per heavy atom. The zero-order valence-electron chi connectivity index (χ0n) is 12.5. The van der Waals surface area contributed by atoms with Gasteiger partial charge < -0.3 is 14.8 Å². The van der Waals surface area contributed by atoms with Crippen molar-refractivity contribution in [1.29, 1.82) is 0 Å². The predicted octanol–water partition coefficient (Wildman–Crippen LogP) is 3.22. The van der Waals surface area contributed by atoms with Gasteiger partial charge in [0.15, 0.2) is 0 Å². The third-order valence-electron chi connectivity index (χ3n) is 4.06. The SMILES string of the molecule is CCNC(c1ccc(OC)cc1C)C1(C)CCCO1. The smallest absolute Gasteiger partial charge is 0.119 e. The zero-order chi connectivity index (χ0) is 13.9. The van der Waals surface area contributed by atoms with Gasteiger partial charge in [-0.05, 0) is 56.5 Å². The lowest BCUT2D eigenvalue weighted by atomic mass is 9.85. The van der Waals surface area contributed by atoms with E-state index in [4.69, 9.17) is 9.47 Å². The van der Waals surface area contributed by atoms with Crippen LogP contribution in [0.25, 0.3) is 0 Å². The van der Waals surface area contributed by atoms with Crippen molar-refractivity contribution in [2.75, 3.05) is 20.3 Å². The van der Waals surface area contributed by atoms with E-state index in [9.17, 15) is 0 Å². The summed E-state index contributed by atoms with van der Waals surface area (Å²) in [6.45, 7) is 8.31. The maximum absolute atomic E-state index is 6.03. The molecule has 0 saturated carbocycles. The molecule has 0 spiro atoms. The maximum Gasteiger partial charge on any atom is 0.119 e. The minimum absolute atomic E-state index is 0.102. The van der Waals surface area contributed by atoms with Crippen LogP contribution in [0.15, 0.2) is 18.2 Å². The van der Waals surface area contributed by atoms with Crippen LogP contribution in [0.2, 0.25) is 0 Å². The van der Waals surface area contributed by atoms with Crippen LogP contribution in [-0.4, -0.2) is 25.9 Å². The van der Waals surface area contributed by atoms with E-state index in [1.807, 2.05) is 6.07 Å². The van der Waals surface area contributed by atoms with Gasteiger partial charge in [-0.25, -0.2) is 0 Å². The molecule has 1 aromatic rings. The van der Waals surface area contributed by atoms with Crippen molar-refractivity contribution in [1.82, 2.24) is 5.32 Å².